The number of aromatic nitrogens is 4. The molecule has 0 atom stereocenters. The molecule has 6 nitrogen and oxygen atoms in total. The monoisotopic (exact) mass is 309 g/mol. The van der Waals surface area contributed by atoms with E-state index in [0.29, 0.717) is 17.9 Å². The van der Waals surface area contributed by atoms with Crippen LogP contribution in [0.4, 0.5) is 5.82 Å². The van der Waals surface area contributed by atoms with Gasteiger partial charge in [-0.15, -0.1) is 0 Å². The van der Waals surface area contributed by atoms with Crippen LogP contribution in [0.1, 0.15) is 28.5 Å². The van der Waals surface area contributed by atoms with E-state index in [2.05, 4.69) is 27.6 Å². The fraction of sp³-hybridized carbons (Fsp3) is 0.235. The smallest absolute Gasteiger partial charge is 0.260 e. The van der Waals surface area contributed by atoms with E-state index in [0.717, 1.165) is 17.7 Å². The number of aryl methyl sites for hydroxylation is 1. The summed E-state index contributed by atoms with van der Waals surface area (Å²) in [6.07, 6.45) is 4.15. The topological polar surface area (TPSA) is 64.7 Å². The molecular formula is C17H19N5O. The highest BCUT2D eigenvalue weighted by Gasteiger charge is 2.17. The van der Waals surface area contributed by atoms with Gasteiger partial charge in [-0.3, -0.25) is 14.2 Å². The van der Waals surface area contributed by atoms with Crippen molar-refractivity contribution in [3.63, 3.8) is 0 Å². The summed E-state index contributed by atoms with van der Waals surface area (Å²) in [5, 5.41) is 11.4. The lowest BCUT2D eigenvalue weighted by atomic mass is 10.1. The van der Waals surface area contributed by atoms with Crippen molar-refractivity contribution in [1.82, 2.24) is 19.6 Å². The Morgan fingerprint density at radius 2 is 2.00 bits per heavy atom. The molecule has 0 aliphatic carbocycles. The van der Waals surface area contributed by atoms with Crippen molar-refractivity contribution in [1.29, 1.82) is 0 Å². The van der Waals surface area contributed by atoms with Crippen molar-refractivity contribution >= 4 is 11.7 Å². The fourth-order valence-corrected chi connectivity index (χ4v) is 2.53. The summed E-state index contributed by atoms with van der Waals surface area (Å²) in [5.74, 6) is 0.357. The predicted molar refractivity (Wildman–Crippen MR) is 88.3 cm³/mol. The summed E-state index contributed by atoms with van der Waals surface area (Å²) in [4.78, 5) is 12.5. The maximum atomic E-state index is 12.5. The number of benzene rings is 1. The number of hydrogen-bond donors (Lipinski definition) is 1. The normalized spacial score (nSPS) is 10.7. The first-order valence-electron chi connectivity index (χ1n) is 7.57. The highest BCUT2D eigenvalue weighted by atomic mass is 16.1. The largest absolute Gasteiger partial charge is 0.305 e. The zero-order valence-corrected chi connectivity index (χ0v) is 13.2. The minimum absolute atomic E-state index is 0.181. The molecule has 0 spiro atoms. The van der Waals surface area contributed by atoms with Gasteiger partial charge in [-0.25, -0.2) is 0 Å². The van der Waals surface area contributed by atoms with Crippen LogP contribution < -0.4 is 5.32 Å². The molecule has 6 heteroatoms. The molecule has 3 rings (SSSR count). The SMILES string of the molecule is CCc1c(C(=O)Nc2ccn(C)n2)cnn1Cc1ccccc1. The second-order valence-corrected chi connectivity index (χ2v) is 5.33. The third kappa shape index (κ3) is 3.31. The van der Waals surface area contributed by atoms with Gasteiger partial charge in [0, 0.05) is 19.3 Å². The molecule has 23 heavy (non-hydrogen) atoms. The van der Waals surface area contributed by atoms with Crippen LogP contribution in [0.3, 0.4) is 0 Å². The Balaban J connectivity index is 1.81. The summed E-state index contributed by atoms with van der Waals surface area (Å²) >= 11 is 0. The second kappa shape index (κ2) is 6.48. The lowest BCUT2D eigenvalue weighted by Gasteiger charge is -2.08. The van der Waals surface area contributed by atoms with Crippen LogP contribution in [0.2, 0.25) is 0 Å². The van der Waals surface area contributed by atoms with E-state index in [1.807, 2.05) is 36.9 Å². The minimum atomic E-state index is -0.181. The third-order valence-electron chi connectivity index (χ3n) is 3.66. The zero-order chi connectivity index (χ0) is 16.2. The fourth-order valence-electron chi connectivity index (χ4n) is 2.53. The molecule has 118 valence electrons. The molecule has 0 saturated carbocycles. The van der Waals surface area contributed by atoms with Crippen molar-refractivity contribution < 1.29 is 4.79 Å². The standard InChI is InChI=1S/C17H19N5O/c1-3-15-14(17(23)19-16-9-10-21(2)20-16)11-18-22(15)12-13-7-5-4-6-8-13/h4-11H,3,12H2,1-2H3,(H,19,20,23). The van der Waals surface area contributed by atoms with Gasteiger partial charge >= 0.3 is 0 Å². The van der Waals surface area contributed by atoms with E-state index in [1.54, 1.807) is 23.1 Å². The number of anilines is 1. The maximum Gasteiger partial charge on any atom is 0.260 e. The Morgan fingerprint density at radius 1 is 1.22 bits per heavy atom. The van der Waals surface area contributed by atoms with Crippen molar-refractivity contribution in [2.45, 2.75) is 19.9 Å². The molecular weight excluding hydrogens is 290 g/mol. The van der Waals surface area contributed by atoms with Crippen LogP contribution in [0.15, 0.2) is 48.8 Å². The molecule has 0 unspecified atom stereocenters. The number of hydrogen-bond acceptors (Lipinski definition) is 3. The predicted octanol–water partition coefficient (Wildman–Crippen LogP) is 2.48. The molecule has 0 aliphatic rings. The third-order valence-corrected chi connectivity index (χ3v) is 3.66. The quantitative estimate of drug-likeness (QED) is 0.787. The Bertz CT molecular complexity index is 804. The van der Waals surface area contributed by atoms with E-state index >= 15 is 0 Å². The first kappa shape index (κ1) is 15.0. The van der Waals surface area contributed by atoms with Crippen molar-refractivity contribution in [3.05, 3.63) is 65.6 Å². The lowest BCUT2D eigenvalue weighted by Crippen LogP contribution is -2.15. The molecule has 2 heterocycles. The van der Waals surface area contributed by atoms with Gasteiger partial charge in [0.1, 0.15) is 0 Å². The van der Waals surface area contributed by atoms with Gasteiger partial charge in [0.05, 0.1) is 24.0 Å². The average molecular weight is 309 g/mol. The molecule has 0 radical (unpaired) electrons. The van der Waals surface area contributed by atoms with Crippen LogP contribution >= 0.6 is 0 Å². The Kier molecular flexibility index (Phi) is 4.23. The van der Waals surface area contributed by atoms with E-state index in [4.69, 9.17) is 0 Å². The van der Waals surface area contributed by atoms with Gasteiger partial charge in [-0.05, 0) is 12.0 Å². The van der Waals surface area contributed by atoms with Crippen molar-refractivity contribution in [3.8, 4) is 0 Å². The molecule has 2 aromatic heterocycles. The lowest BCUT2D eigenvalue weighted by molar-refractivity contribution is 0.102. The van der Waals surface area contributed by atoms with Gasteiger partial charge in [-0.2, -0.15) is 10.2 Å². The van der Waals surface area contributed by atoms with Crippen molar-refractivity contribution in [2.24, 2.45) is 7.05 Å². The molecule has 1 aromatic carbocycles. The Hall–Kier alpha value is -2.89. The minimum Gasteiger partial charge on any atom is -0.305 e. The summed E-state index contributed by atoms with van der Waals surface area (Å²) in [6.45, 7) is 2.68. The first-order valence-corrected chi connectivity index (χ1v) is 7.57. The Morgan fingerprint density at radius 3 is 2.65 bits per heavy atom. The first-order chi connectivity index (χ1) is 11.2. The van der Waals surface area contributed by atoms with E-state index in [-0.39, 0.29) is 5.91 Å². The van der Waals surface area contributed by atoms with Gasteiger partial charge in [0.2, 0.25) is 0 Å². The number of carbonyl (C=O) groups is 1. The van der Waals surface area contributed by atoms with Crippen LogP contribution in [0, 0.1) is 0 Å². The molecule has 1 N–H and O–H groups in total. The molecule has 3 aromatic rings. The van der Waals surface area contributed by atoms with Crippen LogP contribution in [0.5, 0.6) is 0 Å². The highest BCUT2D eigenvalue weighted by Crippen LogP contribution is 2.14. The van der Waals surface area contributed by atoms with Gasteiger partial charge in [0.25, 0.3) is 5.91 Å². The summed E-state index contributed by atoms with van der Waals surface area (Å²) in [6, 6.07) is 11.8. The maximum absolute atomic E-state index is 12.5. The van der Waals surface area contributed by atoms with Gasteiger partial charge in [0.15, 0.2) is 5.82 Å². The Labute approximate surface area is 134 Å². The zero-order valence-electron chi connectivity index (χ0n) is 13.2. The number of nitrogens with zero attached hydrogens (tertiary/aromatic N) is 4. The highest BCUT2D eigenvalue weighted by molar-refractivity contribution is 6.04. The number of carbonyl (C=O) groups excluding carboxylic acids is 1. The van der Waals surface area contributed by atoms with E-state index in [1.165, 1.54) is 0 Å². The molecule has 0 bridgehead atoms. The van der Waals surface area contributed by atoms with Crippen molar-refractivity contribution in [2.75, 3.05) is 5.32 Å². The van der Waals surface area contributed by atoms with Crippen LogP contribution in [-0.4, -0.2) is 25.5 Å². The van der Waals surface area contributed by atoms with Gasteiger partial charge < -0.3 is 5.32 Å². The molecule has 0 aliphatic heterocycles. The average Bonchev–Trinajstić information content (AvgIpc) is 3.14. The second-order valence-electron chi connectivity index (χ2n) is 5.33. The van der Waals surface area contributed by atoms with Crippen LogP contribution in [0.25, 0.3) is 0 Å². The molecule has 1 amide bonds. The van der Waals surface area contributed by atoms with Crippen LogP contribution in [-0.2, 0) is 20.0 Å². The van der Waals surface area contributed by atoms with E-state index < -0.39 is 0 Å². The number of nitrogens with one attached hydrogen (secondary N) is 1. The summed E-state index contributed by atoms with van der Waals surface area (Å²) < 4.78 is 3.53. The van der Waals surface area contributed by atoms with Gasteiger partial charge in [-0.1, -0.05) is 37.3 Å². The summed E-state index contributed by atoms with van der Waals surface area (Å²) in [7, 11) is 1.81. The number of rotatable bonds is 5. The number of amides is 1. The molecule has 0 fully saturated rings. The van der Waals surface area contributed by atoms with E-state index in [9.17, 15) is 4.79 Å². The summed E-state index contributed by atoms with van der Waals surface area (Å²) in [5.41, 5.74) is 2.67. The molecule has 0 saturated heterocycles.